The lowest BCUT2D eigenvalue weighted by Crippen LogP contribution is -2.48. The third kappa shape index (κ3) is 5.20. The van der Waals surface area contributed by atoms with Crippen LogP contribution in [-0.4, -0.2) is 46.6 Å². The Hall–Kier alpha value is -1.10. The lowest BCUT2D eigenvalue weighted by Gasteiger charge is -2.34. The van der Waals surface area contributed by atoms with E-state index in [9.17, 15) is 14.7 Å². The maximum Gasteiger partial charge on any atom is 0.225 e. The molecule has 0 bridgehead atoms. The van der Waals surface area contributed by atoms with Crippen LogP contribution in [0.5, 0.6) is 0 Å². The highest BCUT2D eigenvalue weighted by Crippen LogP contribution is 2.33. The Morgan fingerprint density at radius 3 is 2.65 bits per heavy atom. The van der Waals surface area contributed by atoms with E-state index in [1.165, 1.54) is 0 Å². The number of carbonyl (C=O) groups excluding carboxylic acids is 2. The predicted octanol–water partition coefficient (Wildman–Crippen LogP) is 2.22. The monoisotopic (exact) mass is 324 g/mol. The molecule has 0 radical (unpaired) electrons. The van der Waals surface area contributed by atoms with E-state index in [0.29, 0.717) is 13.1 Å². The van der Waals surface area contributed by atoms with Crippen molar-refractivity contribution < 1.29 is 14.7 Å². The van der Waals surface area contributed by atoms with Gasteiger partial charge < -0.3 is 15.3 Å². The Labute approximate surface area is 139 Å². The molecule has 2 aliphatic rings. The van der Waals surface area contributed by atoms with E-state index in [1.807, 2.05) is 6.92 Å². The van der Waals surface area contributed by atoms with E-state index in [2.05, 4.69) is 12.2 Å². The highest BCUT2D eigenvalue weighted by atomic mass is 16.3. The quantitative estimate of drug-likeness (QED) is 0.787. The summed E-state index contributed by atoms with van der Waals surface area (Å²) in [7, 11) is 0. The summed E-state index contributed by atoms with van der Waals surface area (Å²) >= 11 is 0. The van der Waals surface area contributed by atoms with Crippen molar-refractivity contribution >= 4 is 11.8 Å². The lowest BCUT2D eigenvalue weighted by atomic mass is 9.93. The standard InChI is InChI=1S/C18H32N2O3/c1-3-7-14(2)19-17(22)15-8-6-11-20(13-15)16(21)12-18(23)9-4-5-10-18/h14-15,23H,3-13H2,1-2H3,(H,19,22). The molecule has 2 amide bonds. The SMILES string of the molecule is CCCC(C)NC(=O)C1CCCN(C(=O)CC2(O)CCCC2)C1. The maximum atomic E-state index is 12.5. The number of amides is 2. The molecule has 1 saturated heterocycles. The van der Waals surface area contributed by atoms with E-state index in [0.717, 1.165) is 51.4 Å². The van der Waals surface area contributed by atoms with Gasteiger partial charge in [0.2, 0.25) is 11.8 Å². The molecule has 1 aliphatic carbocycles. The molecule has 5 heteroatoms. The van der Waals surface area contributed by atoms with Crippen LogP contribution >= 0.6 is 0 Å². The highest BCUT2D eigenvalue weighted by Gasteiger charge is 2.36. The Kier molecular flexibility index (Phi) is 6.45. The largest absolute Gasteiger partial charge is 0.389 e. The Balaban J connectivity index is 1.84. The average Bonchev–Trinajstić information content (AvgIpc) is 2.93. The second-order valence-corrected chi connectivity index (χ2v) is 7.49. The van der Waals surface area contributed by atoms with E-state index in [1.54, 1.807) is 4.90 Å². The topological polar surface area (TPSA) is 69.6 Å². The van der Waals surface area contributed by atoms with E-state index in [-0.39, 0.29) is 30.2 Å². The van der Waals surface area contributed by atoms with E-state index < -0.39 is 5.60 Å². The fourth-order valence-corrected chi connectivity index (χ4v) is 3.89. The third-order valence-electron chi connectivity index (χ3n) is 5.27. The van der Waals surface area contributed by atoms with Crippen molar-refractivity contribution in [2.24, 2.45) is 5.92 Å². The van der Waals surface area contributed by atoms with Crippen molar-refractivity contribution in [2.45, 2.75) is 83.3 Å². The summed E-state index contributed by atoms with van der Waals surface area (Å²) in [5.74, 6) is -0.0261. The molecule has 0 aromatic rings. The molecule has 2 atom stereocenters. The van der Waals surface area contributed by atoms with Crippen LogP contribution in [0.3, 0.4) is 0 Å². The number of likely N-dealkylation sites (tertiary alicyclic amines) is 1. The van der Waals surface area contributed by atoms with Gasteiger partial charge in [0.1, 0.15) is 0 Å². The predicted molar refractivity (Wildman–Crippen MR) is 89.9 cm³/mol. The summed E-state index contributed by atoms with van der Waals surface area (Å²) in [5, 5.41) is 13.5. The minimum Gasteiger partial charge on any atom is -0.389 e. The Morgan fingerprint density at radius 1 is 1.30 bits per heavy atom. The van der Waals surface area contributed by atoms with Crippen LogP contribution in [0.25, 0.3) is 0 Å². The van der Waals surface area contributed by atoms with Crippen LogP contribution < -0.4 is 5.32 Å². The summed E-state index contributed by atoms with van der Waals surface area (Å²) in [5.41, 5.74) is -0.804. The first kappa shape index (κ1) is 18.2. The van der Waals surface area contributed by atoms with Gasteiger partial charge in [-0.1, -0.05) is 26.2 Å². The maximum absolute atomic E-state index is 12.5. The van der Waals surface area contributed by atoms with Crippen LogP contribution in [0.4, 0.5) is 0 Å². The first-order valence-electron chi connectivity index (χ1n) is 9.24. The van der Waals surface area contributed by atoms with Crippen molar-refractivity contribution in [3.63, 3.8) is 0 Å². The van der Waals surface area contributed by atoms with Gasteiger partial charge in [-0.25, -0.2) is 0 Å². The van der Waals surface area contributed by atoms with Crippen LogP contribution in [0.1, 0.15) is 71.6 Å². The van der Waals surface area contributed by atoms with Gasteiger partial charge >= 0.3 is 0 Å². The molecule has 1 saturated carbocycles. The summed E-state index contributed by atoms with van der Waals surface area (Å²) in [6, 6.07) is 0.192. The van der Waals surface area contributed by atoms with Crippen molar-refractivity contribution in [3.8, 4) is 0 Å². The van der Waals surface area contributed by atoms with Crippen LogP contribution in [-0.2, 0) is 9.59 Å². The number of aliphatic hydroxyl groups is 1. The molecule has 2 N–H and O–H groups in total. The molecule has 132 valence electrons. The molecule has 1 aliphatic heterocycles. The summed E-state index contributed by atoms with van der Waals surface area (Å²) in [6.45, 7) is 5.35. The van der Waals surface area contributed by atoms with Gasteiger partial charge in [0, 0.05) is 19.1 Å². The fraction of sp³-hybridized carbons (Fsp3) is 0.889. The molecule has 1 heterocycles. The van der Waals surface area contributed by atoms with Crippen molar-refractivity contribution in [2.75, 3.05) is 13.1 Å². The second-order valence-electron chi connectivity index (χ2n) is 7.49. The van der Waals surface area contributed by atoms with Gasteiger partial charge in [-0.15, -0.1) is 0 Å². The average molecular weight is 324 g/mol. The zero-order chi connectivity index (χ0) is 16.9. The fourth-order valence-electron chi connectivity index (χ4n) is 3.89. The Morgan fingerprint density at radius 2 is 2.00 bits per heavy atom. The Bertz CT molecular complexity index is 418. The molecular weight excluding hydrogens is 292 g/mol. The molecule has 2 rings (SSSR count). The number of hydrogen-bond acceptors (Lipinski definition) is 3. The zero-order valence-corrected chi connectivity index (χ0v) is 14.6. The minimum absolute atomic E-state index is 0.00788. The number of carbonyl (C=O) groups is 2. The van der Waals surface area contributed by atoms with Crippen molar-refractivity contribution in [1.29, 1.82) is 0 Å². The summed E-state index contributed by atoms with van der Waals surface area (Å²) in [6.07, 6.45) is 7.42. The van der Waals surface area contributed by atoms with Crippen molar-refractivity contribution in [3.05, 3.63) is 0 Å². The number of hydrogen-bond donors (Lipinski definition) is 2. The number of nitrogens with zero attached hydrogens (tertiary/aromatic N) is 1. The second kappa shape index (κ2) is 8.13. The first-order valence-corrected chi connectivity index (χ1v) is 9.24. The smallest absolute Gasteiger partial charge is 0.225 e. The summed E-state index contributed by atoms with van der Waals surface area (Å²) in [4.78, 5) is 26.6. The van der Waals surface area contributed by atoms with Crippen LogP contribution in [0, 0.1) is 5.92 Å². The van der Waals surface area contributed by atoms with Gasteiger partial charge in [0.25, 0.3) is 0 Å². The summed E-state index contributed by atoms with van der Waals surface area (Å²) < 4.78 is 0. The van der Waals surface area contributed by atoms with Gasteiger partial charge in [-0.3, -0.25) is 9.59 Å². The molecule has 2 unspecified atom stereocenters. The molecule has 23 heavy (non-hydrogen) atoms. The highest BCUT2D eigenvalue weighted by molar-refractivity contribution is 5.82. The van der Waals surface area contributed by atoms with Gasteiger partial charge in [0.15, 0.2) is 0 Å². The zero-order valence-electron chi connectivity index (χ0n) is 14.6. The molecular formula is C18H32N2O3. The van der Waals surface area contributed by atoms with Crippen LogP contribution in [0.15, 0.2) is 0 Å². The first-order chi connectivity index (χ1) is 10.9. The van der Waals surface area contributed by atoms with Crippen LogP contribution in [0.2, 0.25) is 0 Å². The number of piperidine rings is 1. The normalized spacial score (nSPS) is 25.2. The van der Waals surface area contributed by atoms with Gasteiger partial charge in [-0.05, 0) is 39.0 Å². The molecule has 0 aromatic carbocycles. The third-order valence-corrected chi connectivity index (χ3v) is 5.27. The number of rotatable bonds is 6. The molecule has 5 nitrogen and oxygen atoms in total. The van der Waals surface area contributed by atoms with Gasteiger partial charge in [0.05, 0.1) is 17.9 Å². The van der Waals surface area contributed by atoms with Gasteiger partial charge in [-0.2, -0.15) is 0 Å². The molecule has 0 aromatic heterocycles. The molecule has 0 spiro atoms. The van der Waals surface area contributed by atoms with E-state index >= 15 is 0 Å². The molecule has 2 fully saturated rings. The van der Waals surface area contributed by atoms with Crippen molar-refractivity contribution in [1.82, 2.24) is 10.2 Å². The minimum atomic E-state index is -0.804. The van der Waals surface area contributed by atoms with E-state index in [4.69, 9.17) is 0 Å². The number of nitrogens with one attached hydrogen (secondary N) is 1. The lowest BCUT2D eigenvalue weighted by molar-refractivity contribution is -0.139.